The van der Waals surface area contributed by atoms with Crippen molar-refractivity contribution in [2.45, 2.75) is 25.6 Å². The molecule has 0 bridgehead atoms. The smallest absolute Gasteiger partial charge is 0.282 e. The molecule has 1 aromatic heterocycles. The van der Waals surface area contributed by atoms with Gasteiger partial charge in [0.25, 0.3) is 5.78 Å². The first kappa shape index (κ1) is 10.1. The first-order valence-corrected chi connectivity index (χ1v) is 4.48. The number of ketones is 1. The number of halogens is 3. The highest BCUT2D eigenvalue weighted by atomic mass is 19.4. The number of hydrogen-bond donors (Lipinski definition) is 0. The zero-order chi connectivity index (χ0) is 11.1. The summed E-state index contributed by atoms with van der Waals surface area (Å²) in [6, 6.07) is 0. The van der Waals surface area contributed by atoms with E-state index in [1.54, 1.807) is 0 Å². The van der Waals surface area contributed by atoms with Crippen LogP contribution in [0.3, 0.4) is 0 Å². The summed E-state index contributed by atoms with van der Waals surface area (Å²) in [6.07, 6.45) is -1.71. The summed E-state index contributed by atoms with van der Waals surface area (Å²) >= 11 is 0. The third kappa shape index (κ3) is 2.34. The van der Waals surface area contributed by atoms with E-state index in [4.69, 9.17) is 0 Å². The van der Waals surface area contributed by atoms with Crippen molar-refractivity contribution in [2.24, 2.45) is 5.92 Å². The highest BCUT2D eigenvalue weighted by Crippen LogP contribution is 2.30. The zero-order valence-corrected chi connectivity index (χ0v) is 7.66. The van der Waals surface area contributed by atoms with Crippen LogP contribution in [0.4, 0.5) is 13.2 Å². The van der Waals surface area contributed by atoms with Crippen molar-refractivity contribution >= 4 is 5.78 Å². The fourth-order valence-corrected chi connectivity index (χ4v) is 1.20. The monoisotopic (exact) mass is 219 g/mol. The average molecular weight is 219 g/mol. The van der Waals surface area contributed by atoms with Crippen molar-refractivity contribution in [3.8, 4) is 0 Å². The van der Waals surface area contributed by atoms with Gasteiger partial charge < -0.3 is 0 Å². The predicted octanol–water partition coefficient (Wildman–Crippen LogP) is 1.43. The second-order valence-electron chi connectivity index (χ2n) is 3.60. The zero-order valence-electron chi connectivity index (χ0n) is 7.66. The molecule has 1 aliphatic rings. The van der Waals surface area contributed by atoms with Crippen LogP contribution in [-0.4, -0.2) is 27.0 Å². The number of aromatic nitrogens is 3. The molecule has 1 fully saturated rings. The lowest BCUT2D eigenvalue weighted by Gasteiger charge is -2.00. The van der Waals surface area contributed by atoms with Crippen LogP contribution in [-0.2, 0) is 6.54 Å². The summed E-state index contributed by atoms with van der Waals surface area (Å²) in [5, 5.41) is 6.68. The maximum atomic E-state index is 12.0. The lowest BCUT2D eigenvalue weighted by Crippen LogP contribution is -2.23. The van der Waals surface area contributed by atoms with E-state index in [1.165, 1.54) is 4.68 Å². The first-order chi connectivity index (χ1) is 6.97. The Morgan fingerprint density at radius 3 is 2.73 bits per heavy atom. The summed E-state index contributed by atoms with van der Waals surface area (Å²) in [5.41, 5.74) is -0.636. The van der Waals surface area contributed by atoms with Crippen molar-refractivity contribution < 1.29 is 18.0 Å². The van der Waals surface area contributed by atoms with Gasteiger partial charge in [-0.3, -0.25) is 9.48 Å². The lowest BCUT2D eigenvalue weighted by atomic mass is 10.3. The number of Topliss-reactive ketones (excluding diaryl/α,β-unsaturated/α-hetero) is 1. The molecule has 1 heterocycles. The van der Waals surface area contributed by atoms with Crippen molar-refractivity contribution in [3.63, 3.8) is 0 Å². The van der Waals surface area contributed by atoms with Crippen LogP contribution in [0.25, 0.3) is 0 Å². The number of carbonyl (C=O) groups excluding carboxylic acids is 1. The molecule has 0 aliphatic heterocycles. The lowest BCUT2D eigenvalue weighted by molar-refractivity contribution is -0.0888. The molecule has 1 aromatic rings. The number of carbonyl (C=O) groups is 1. The minimum Gasteiger partial charge on any atom is -0.282 e. The Balaban J connectivity index is 2.08. The van der Waals surface area contributed by atoms with Crippen molar-refractivity contribution in [1.82, 2.24) is 15.0 Å². The van der Waals surface area contributed by atoms with Gasteiger partial charge in [-0.15, -0.1) is 5.10 Å². The Morgan fingerprint density at radius 2 is 2.20 bits per heavy atom. The fraction of sp³-hybridized carbons (Fsp3) is 0.625. The van der Waals surface area contributed by atoms with Crippen molar-refractivity contribution in [3.05, 3.63) is 11.9 Å². The third-order valence-corrected chi connectivity index (χ3v) is 2.17. The predicted molar refractivity (Wildman–Crippen MR) is 43.1 cm³/mol. The van der Waals surface area contributed by atoms with Gasteiger partial charge in [0.1, 0.15) is 0 Å². The molecule has 0 aromatic carbocycles. The Hall–Kier alpha value is -1.40. The van der Waals surface area contributed by atoms with Gasteiger partial charge in [0.2, 0.25) is 0 Å². The SMILES string of the molecule is O=C(c1cn(CC2CC2)nn1)C(F)(F)F. The highest BCUT2D eigenvalue weighted by Gasteiger charge is 2.41. The quantitative estimate of drug-likeness (QED) is 0.722. The molecule has 0 amide bonds. The Morgan fingerprint density at radius 1 is 1.53 bits per heavy atom. The van der Waals surface area contributed by atoms with Crippen LogP contribution in [0.2, 0.25) is 0 Å². The second kappa shape index (κ2) is 3.32. The van der Waals surface area contributed by atoms with Gasteiger partial charge in [-0.2, -0.15) is 13.2 Å². The van der Waals surface area contributed by atoms with Gasteiger partial charge in [-0.05, 0) is 18.8 Å². The molecule has 0 unspecified atom stereocenters. The van der Waals surface area contributed by atoms with E-state index in [-0.39, 0.29) is 0 Å². The van der Waals surface area contributed by atoms with E-state index in [2.05, 4.69) is 10.3 Å². The molecule has 0 radical (unpaired) electrons. The molecule has 4 nitrogen and oxygen atoms in total. The molecule has 0 saturated heterocycles. The second-order valence-corrected chi connectivity index (χ2v) is 3.60. The molecule has 2 rings (SSSR count). The van der Waals surface area contributed by atoms with Gasteiger partial charge in [-0.25, -0.2) is 0 Å². The maximum Gasteiger partial charge on any atom is 0.456 e. The van der Waals surface area contributed by atoms with Crippen LogP contribution in [0, 0.1) is 5.92 Å². The van der Waals surface area contributed by atoms with E-state index in [0.29, 0.717) is 12.5 Å². The van der Waals surface area contributed by atoms with E-state index in [1.807, 2.05) is 0 Å². The maximum absolute atomic E-state index is 12.0. The molecule has 1 saturated carbocycles. The summed E-state index contributed by atoms with van der Waals surface area (Å²) in [7, 11) is 0. The number of alkyl halides is 3. The molecular weight excluding hydrogens is 211 g/mol. The van der Waals surface area contributed by atoms with Crippen LogP contribution >= 0.6 is 0 Å². The topological polar surface area (TPSA) is 47.8 Å². The van der Waals surface area contributed by atoms with Gasteiger partial charge >= 0.3 is 6.18 Å². The Labute approximate surface area is 83.1 Å². The van der Waals surface area contributed by atoms with Gasteiger partial charge in [0.05, 0.1) is 6.20 Å². The van der Waals surface area contributed by atoms with Crippen LogP contribution in [0.15, 0.2) is 6.20 Å². The highest BCUT2D eigenvalue weighted by molar-refractivity contribution is 5.98. The molecule has 1 aliphatic carbocycles. The minimum absolute atomic E-state index is 0.473. The molecule has 0 atom stereocenters. The molecule has 15 heavy (non-hydrogen) atoms. The fourth-order valence-electron chi connectivity index (χ4n) is 1.20. The summed E-state index contributed by atoms with van der Waals surface area (Å²) in [5.74, 6) is -1.47. The number of rotatable bonds is 3. The van der Waals surface area contributed by atoms with E-state index < -0.39 is 17.7 Å². The van der Waals surface area contributed by atoms with Crippen LogP contribution in [0.5, 0.6) is 0 Å². The van der Waals surface area contributed by atoms with Crippen LogP contribution < -0.4 is 0 Å². The summed E-state index contributed by atoms with van der Waals surface area (Å²) < 4.78 is 37.3. The Kier molecular flexibility index (Phi) is 2.24. The molecule has 0 N–H and O–H groups in total. The summed E-state index contributed by atoms with van der Waals surface area (Å²) in [6.45, 7) is 0.540. The van der Waals surface area contributed by atoms with Crippen molar-refractivity contribution in [2.75, 3.05) is 0 Å². The third-order valence-electron chi connectivity index (χ3n) is 2.17. The molecule has 82 valence electrons. The van der Waals surface area contributed by atoms with Crippen molar-refractivity contribution in [1.29, 1.82) is 0 Å². The number of hydrogen-bond acceptors (Lipinski definition) is 3. The molecular formula is C8H8F3N3O. The van der Waals surface area contributed by atoms with E-state index >= 15 is 0 Å². The largest absolute Gasteiger partial charge is 0.456 e. The summed E-state index contributed by atoms with van der Waals surface area (Å²) in [4.78, 5) is 10.7. The molecule has 7 heteroatoms. The van der Waals surface area contributed by atoms with Gasteiger partial charge in [-0.1, -0.05) is 5.21 Å². The van der Waals surface area contributed by atoms with Gasteiger partial charge in [0.15, 0.2) is 5.69 Å². The normalized spacial score (nSPS) is 16.7. The minimum atomic E-state index is -4.87. The van der Waals surface area contributed by atoms with E-state index in [0.717, 1.165) is 19.0 Å². The van der Waals surface area contributed by atoms with E-state index in [9.17, 15) is 18.0 Å². The average Bonchev–Trinajstić information content (AvgIpc) is 2.80. The first-order valence-electron chi connectivity index (χ1n) is 4.48. The van der Waals surface area contributed by atoms with Gasteiger partial charge in [0, 0.05) is 6.54 Å². The Bertz CT molecular complexity index is 381. The molecule has 0 spiro atoms. The van der Waals surface area contributed by atoms with Crippen LogP contribution in [0.1, 0.15) is 23.3 Å². The standard InChI is InChI=1S/C8H8F3N3O/c9-8(10,11)7(15)6-4-14(13-12-6)3-5-1-2-5/h4-5H,1-3H2. The number of nitrogens with zero attached hydrogens (tertiary/aromatic N) is 3.